The molecule has 128 valence electrons. The minimum Gasteiger partial charge on any atom is -0.368 e. The third kappa shape index (κ3) is 4.44. The predicted molar refractivity (Wildman–Crippen MR) is 101 cm³/mol. The van der Waals surface area contributed by atoms with Crippen LogP contribution in [0.25, 0.3) is 11.3 Å². The zero-order valence-electron chi connectivity index (χ0n) is 13.0. The molecule has 25 heavy (non-hydrogen) atoms. The lowest BCUT2D eigenvalue weighted by atomic mass is 10.2. The molecule has 0 spiro atoms. The summed E-state index contributed by atoms with van der Waals surface area (Å²) in [4.78, 5) is 28.4. The fraction of sp³-hybridized carbons (Fsp3) is 0.133. The molecule has 2 heterocycles. The van der Waals surface area contributed by atoms with Crippen molar-refractivity contribution in [2.45, 2.75) is 17.3 Å². The maximum atomic E-state index is 12.3. The van der Waals surface area contributed by atoms with E-state index in [2.05, 4.69) is 25.3 Å². The minimum absolute atomic E-state index is 0.120. The Morgan fingerprint density at radius 1 is 1.32 bits per heavy atom. The van der Waals surface area contributed by atoms with Crippen LogP contribution < -0.4 is 11.1 Å². The van der Waals surface area contributed by atoms with Crippen LogP contribution in [-0.4, -0.2) is 31.1 Å². The van der Waals surface area contributed by atoms with E-state index in [1.165, 1.54) is 29.4 Å². The Hall–Kier alpha value is -2.23. The van der Waals surface area contributed by atoms with Crippen LogP contribution in [0.1, 0.15) is 6.92 Å². The highest BCUT2D eigenvalue weighted by molar-refractivity contribution is 8.00. The van der Waals surface area contributed by atoms with E-state index in [1.54, 1.807) is 13.0 Å². The third-order valence-electron chi connectivity index (χ3n) is 3.10. The van der Waals surface area contributed by atoms with E-state index < -0.39 is 5.25 Å². The first-order valence-corrected chi connectivity index (χ1v) is 9.29. The second-order valence-corrected chi connectivity index (χ2v) is 7.47. The summed E-state index contributed by atoms with van der Waals surface area (Å²) in [7, 11) is 0. The average Bonchev–Trinajstić information content (AvgIpc) is 3.03. The summed E-state index contributed by atoms with van der Waals surface area (Å²) in [6.07, 6.45) is 1.31. The molecule has 1 atom stereocenters. The smallest absolute Gasteiger partial charge is 0.239 e. The monoisotopic (exact) mass is 392 g/mol. The summed E-state index contributed by atoms with van der Waals surface area (Å²) in [6.45, 7) is 1.75. The van der Waals surface area contributed by atoms with E-state index in [0.717, 1.165) is 11.3 Å². The summed E-state index contributed by atoms with van der Waals surface area (Å²) in [6, 6.07) is 7.42. The summed E-state index contributed by atoms with van der Waals surface area (Å²) in [5.41, 5.74) is 7.05. The van der Waals surface area contributed by atoms with Crippen LogP contribution in [0.15, 0.2) is 41.1 Å². The van der Waals surface area contributed by atoms with Crippen LogP contribution in [0, 0.1) is 0 Å². The number of nitrogens with zero attached hydrogens (tertiary/aromatic N) is 4. The molecule has 10 heteroatoms. The maximum Gasteiger partial charge on any atom is 0.239 e. The van der Waals surface area contributed by atoms with Gasteiger partial charge in [-0.2, -0.15) is 4.98 Å². The van der Waals surface area contributed by atoms with Gasteiger partial charge in [-0.05, 0) is 13.0 Å². The van der Waals surface area contributed by atoms with Crippen LogP contribution in [-0.2, 0) is 4.79 Å². The van der Waals surface area contributed by atoms with Crippen molar-refractivity contribution in [3.05, 3.63) is 41.0 Å². The van der Waals surface area contributed by atoms with Gasteiger partial charge < -0.3 is 11.1 Å². The number of thiazole rings is 1. The Morgan fingerprint density at radius 3 is 2.88 bits per heavy atom. The number of hydrogen-bond acceptors (Lipinski definition) is 8. The minimum atomic E-state index is -0.422. The molecule has 3 rings (SSSR count). The van der Waals surface area contributed by atoms with Gasteiger partial charge in [-0.3, -0.25) is 4.79 Å². The summed E-state index contributed by atoms with van der Waals surface area (Å²) in [5, 5.41) is 5.72. The molecule has 0 aliphatic carbocycles. The topological polar surface area (TPSA) is 107 Å². The normalized spacial score (nSPS) is 11.9. The van der Waals surface area contributed by atoms with Gasteiger partial charge in [-0.1, -0.05) is 41.6 Å². The molecule has 3 N–H and O–H groups in total. The van der Waals surface area contributed by atoms with Crippen molar-refractivity contribution < 1.29 is 4.79 Å². The Kier molecular flexibility index (Phi) is 5.47. The number of nitrogen functional groups attached to an aromatic ring is 1. The van der Waals surface area contributed by atoms with E-state index in [1.807, 2.05) is 23.6 Å². The lowest BCUT2D eigenvalue weighted by molar-refractivity contribution is -0.115. The second-order valence-electron chi connectivity index (χ2n) is 4.89. The van der Waals surface area contributed by atoms with Gasteiger partial charge in [0.15, 0.2) is 10.3 Å². The molecule has 1 amide bonds. The van der Waals surface area contributed by atoms with E-state index in [-0.39, 0.29) is 11.9 Å². The Labute approximate surface area is 157 Å². The van der Waals surface area contributed by atoms with Crippen molar-refractivity contribution in [2.75, 3.05) is 11.1 Å². The molecule has 0 aliphatic heterocycles. The molecule has 0 saturated heterocycles. The van der Waals surface area contributed by atoms with Crippen molar-refractivity contribution in [1.82, 2.24) is 19.9 Å². The first kappa shape index (κ1) is 17.6. The van der Waals surface area contributed by atoms with E-state index >= 15 is 0 Å². The van der Waals surface area contributed by atoms with Crippen molar-refractivity contribution >= 4 is 51.7 Å². The van der Waals surface area contributed by atoms with Crippen molar-refractivity contribution in [1.29, 1.82) is 0 Å². The first-order chi connectivity index (χ1) is 12.0. The van der Waals surface area contributed by atoms with Gasteiger partial charge in [-0.15, -0.1) is 11.3 Å². The van der Waals surface area contributed by atoms with Gasteiger partial charge in [0.2, 0.25) is 11.9 Å². The van der Waals surface area contributed by atoms with Gasteiger partial charge in [0, 0.05) is 16.0 Å². The molecule has 0 saturated carbocycles. The Bertz CT molecular complexity index is 903. The van der Waals surface area contributed by atoms with Crippen molar-refractivity contribution in [3.8, 4) is 11.3 Å². The number of rotatable bonds is 5. The lowest BCUT2D eigenvalue weighted by Gasteiger charge is -2.09. The van der Waals surface area contributed by atoms with Gasteiger partial charge in [0.1, 0.15) is 6.33 Å². The highest BCUT2D eigenvalue weighted by Gasteiger charge is 2.18. The number of nitrogens with one attached hydrogen (secondary N) is 1. The number of amides is 1. The van der Waals surface area contributed by atoms with Crippen LogP contribution in [0.2, 0.25) is 5.02 Å². The molecular weight excluding hydrogens is 380 g/mol. The van der Waals surface area contributed by atoms with Crippen molar-refractivity contribution in [3.63, 3.8) is 0 Å². The van der Waals surface area contributed by atoms with Gasteiger partial charge in [0.05, 0.1) is 10.9 Å². The second kappa shape index (κ2) is 7.77. The maximum absolute atomic E-state index is 12.3. The molecule has 0 fully saturated rings. The van der Waals surface area contributed by atoms with Gasteiger partial charge in [-0.25, -0.2) is 15.0 Å². The quantitative estimate of drug-likeness (QED) is 0.641. The zero-order valence-corrected chi connectivity index (χ0v) is 15.4. The van der Waals surface area contributed by atoms with Gasteiger partial charge >= 0.3 is 0 Å². The molecule has 1 aromatic carbocycles. The van der Waals surface area contributed by atoms with E-state index in [4.69, 9.17) is 17.3 Å². The number of carbonyl (C=O) groups excluding carboxylic acids is 1. The molecule has 1 unspecified atom stereocenters. The van der Waals surface area contributed by atoms with Crippen LogP contribution in [0.4, 0.5) is 11.1 Å². The summed E-state index contributed by atoms with van der Waals surface area (Å²) in [5.74, 6) is -0.0848. The van der Waals surface area contributed by atoms with E-state index in [9.17, 15) is 4.79 Å². The molecule has 0 radical (unpaired) electrons. The third-order valence-corrected chi connectivity index (χ3v) is 5.17. The number of benzene rings is 1. The fourth-order valence-electron chi connectivity index (χ4n) is 1.89. The molecule has 3 aromatic rings. The molecule has 2 aromatic heterocycles. The first-order valence-electron chi connectivity index (χ1n) is 7.15. The number of anilines is 2. The number of nitrogens with two attached hydrogens (primary N) is 1. The molecular formula is C15H13ClN6OS2. The van der Waals surface area contributed by atoms with Crippen LogP contribution >= 0.6 is 34.7 Å². The number of hydrogen-bond donors (Lipinski definition) is 2. The molecule has 0 bridgehead atoms. The Morgan fingerprint density at radius 2 is 2.12 bits per heavy atom. The number of carbonyl (C=O) groups is 1. The van der Waals surface area contributed by atoms with Crippen LogP contribution in [0.3, 0.4) is 0 Å². The Balaban J connectivity index is 1.66. The fourth-order valence-corrected chi connectivity index (χ4v) is 3.57. The number of aromatic nitrogens is 4. The summed E-state index contributed by atoms with van der Waals surface area (Å²) < 4.78 is 0. The number of halogens is 1. The standard InChI is InChI=1S/C15H13ClN6OS2/c1-8(25-14-19-7-18-13(17)22-14)12(23)21-15-20-11(6-24-15)9-4-2-3-5-10(9)16/h2-8H,1H3,(H,20,21,23)(H2,17,18,19,22). The van der Waals surface area contributed by atoms with Crippen LogP contribution in [0.5, 0.6) is 0 Å². The highest BCUT2D eigenvalue weighted by Crippen LogP contribution is 2.30. The predicted octanol–water partition coefficient (Wildman–Crippen LogP) is 3.35. The SMILES string of the molecule is CC(Sc1ncnc(N)n1)C(=O)Nc1nc(-c2ccccc2Cl)cs1. The highest BCUT2D eigenvalue weighted by atomic mass is 35.5. The summed E-state index contributed by atoms with van der Waals surface area (Å²) >= 11 is 8.70. The largest absolute Gasteiger partial charge is 0.368 e. The lowest BCUT2D eigenvalue weighted by Crippen LogP contribution is -2.22. The zero-order chi connectivity index (χ0) is 17.8. The van der Waals surface area contributed by atoms with Gasteiger partial charge in [0.25, 0.3) is 0 Å². The van der Waals surface area contributed by atoms with Crippen molar-refractivity contribution in [2.24, 2.45) is 0 Å². The van der Waals surface area contributed by atoms with E-state index in [0.29, 0.717) is 15.3 Å². The molecule has 0 aliphatic rings. The number of thioether (sulfide) groups is 1. The molecule has 7 nitrogen and oxygen atoms in total. The average molecular weight is 393 g/mol.